The van der Waals surface area contributed by atoms with Crippen LogP contribution in [0.15, 0.2) is 77.3 Å². The molecular formula is C24H16BrClFN3O3. The Morgan fingerprint density at radius 2 is 1.70 bits per heavy atom. The molecule has 1 N–H and O–H groups in total. The fourth-order valence-corrected chi connectivity index (χ4v) is 5.01. The molecule has 0 bridgehead atoms. The van der Waals surface area contributed by atoms with Gasteiger partial charge in [-0.2, -0.15) is 0 Å². The normalized spacial score (nSPS) is 22.1. The third-order valence-electron chi connectivity index (χ3n) is 5.86. The summed E-state index contributed by atoms with van der Waals surface area (Å²) in [6.07, 6.45) is 0. The number of fused-ring (bicyclic) bond motifs is 1. The molecule has 0 aromatic heterocycles. The number of anilines is 1. The minimum atomic E-state index is -1.16. The Hall–Kier alpha value is -3.07. The highest BCUT2D eigenvalue weighted by Gasteiger charge is 2.61. The van der Waals surface area contributed by atoms with Gasteiger partial charge in [0.05, 0.1) is 22.7 Å². The van der Waals surface area contributed by atoms with E-state index in [-0.39, 0.29) is 16.3 Å². The van der Waals surface area contributed by atoms with E-state index in [1.165, 1.54) is 18.2 Å². The van der Waals surface area contributed by atoms with E-state index in [4.69, 9.17) is 11.6 Å². The highest BCUT2D eigenvalue weighted by molar-refractivity contribution is 9.10. The molecule has 6 nitrogen and oxygen atoms in total. The molecule has 0 radical (unpaired) electrons. The van der Waals surface area contributed by atoms with E-state index >= 15 is 0 Å². The Morgan fingerprint density at radius 3 is 2.42 bits per heavy atom. The average Bonchev–Trinajstić information content (AvgIpc) is 3.31. The van der Waals surface area contributed by atoms with Crippen LogP contribution in [0.4, 0.5) is 10.1 Å². The summed E-state index contributed by atoms with van der Waals surface area (Å²) in [5.41, 5.74) is 3.67. The lowest BCUT2D eigenvalue weighted by Crippen LogP contribution is -2.48. The van der Waals surface area contributed by atoms with Gasteiger partial charge in [-0.15, -0.1) is 0 Å². The number of carbonyl (C=O) groups excluding carboxylic acids is 3. The van der Waals surface area contributed by atoms with E-state index in [2.05, 4.69) is 21.4 Å². The molecule has 2 heterocycles. The van der Waals surface area contributed by atoms with E-state index in [1.807, 2.05) is 0 Å². The summed E-state index contributed by atoms with van der Waals surface area (Å²) in [5.74, 6) is -3.23. The van der Waals surface area contributed by atoms with Crippen LogP contribution in [0.5, 0.6) is 0 Å². The zero-order valence-corrected chi connectivity index (χ0v) is 19.3. The number of rotatable bonds is 3. The lowest BCUT2D eigenvalue weighted by atomic mass is 9.90. The van der Waals surface area contributed by atoms with Gasteiger partial charge in [0.1, 0.15) is 11.9 Å². The number of carbonyl (C=O) groups is 3. The average molecular weight is 529 g/mol. The molecule has 0 saturated carbocycles. The molecular weight excluding hydrogens is 513 g/mol. The van der Waals surface area contributed by atoms with Gasteiger partial charge in [0.15, 0.2) is 0 Å². The van der Waals surface area contributed by atoms with Crippen LogP contribution in [0.1, 0.15) is 22.0 Å². The summed E-state index contributed by atoms with van der Waals surface area (Å²) in [6, 6.07) is 17.1. The fourth-order valence-electron chi connectivity index (χ4n) is 4.39. The lowest BCUT2D eigenvalue weighted by molar-refractivity contribution is -0.123. The minimum absolute atomic E-state index is 0.194. The SMILES string of the molecule is O=C1[C@H]2[C@@H](C(=O)N1c1ccccc1Cl)N(C(=O)c1cccc(Br)c1)N[C@H]2c1ccccc1F. The zero-order chi connectivity index (χ0) is 23.3. The van der Waals surface area contributed by atoms with Crippen LogP contribution in [0.2, 0.25) is 5.02 Å². The first-order chi connectivity index (χ1) is 15.9. The molecule has 0 unspecified atom stereocenters. The minimum Gasteiger partial charge on any atom is -0.274 e. The highest BCUT2D eigenvalue weighted by Crippen LogP contribution is 2.44. The number of nitrogens with zero attached hydrogens (tertiary/aromatic N) is 2. The Kier molecular flexibility index (Phi) is 5.52. The Morgan fingerprint density at radius 1 is 0.970 bits per heavy atom. The molecule has 5 rings (SSSR count). The molecule has 166 valence electrons. The number of hydrogen-bond acceptors (Lipinski definition) is 4. The molecule has 3 aromatic carbocycles. The number of benzene rings is 3. The second kappa shape index (κ2) is 8.37. The molecule has 3 atom stereocenters. The van der Waals surface area contributed by atoms with Crippen molar-refractivity contribution in [2.45, 2.75) is 12.1 Å². The molecule has 2 fully saturated rings. The second-order valence-electron chi connectivity index (χ2n) is 7.75. The molecule has 2 aliphatic heterocycles. The van der Waals surface area contributed by atoms with Gasteiger partial charge in [-0.1, -0.05) is 63.9 Å². The molecule has 2 saturated heterocycles. The van der Waals surface area contributed by atoms with Crippen molar-refractivity contribution >= 4 is 50.9 Å². The monoisotopic (exact) mass is 527 g/mol. The van der Waals surface area contributed by atoms with Gasteiger partial charge in [0.2, 0.25) is 5.91 Å². The summed E-state index contributed by atoms with van der Waals surface area (Å²) < 4.78 is 15.4. The van der Waals surface area contributed by atoms with Crippen LogP contribution in [-0.2, 0) is 9.59 Å². The van der Waals surface area contributed by atoms with Crippen molar-refractivity contribution in [3.63, 3.8) is 0 Å². The summed E-state index contributed by atoms with van der Waals surface area (Å²) in [6.45, 7) is 0. The maximum Gasteiger partial charge on any atom is 0.268 e. The molecule has 0 spiro atoms. The van der Waals surface area contributed by atoms with E-state index < -0.39 is 41.5 Å². The number of amides is 3. The van der Waals surface area contributed by atoms with Crippen LogP contribution in [0, 0.1) is 11.7 Å². The Balaban J connectivity index is 1.62. The first-order valence-corrected chi connectivity index (χ1v) is 11.3. The predicted molar refractivity (Wildman–Crippen MR) is 124 cm³/mol. The zero-order valence-electron chi connectivity index (χ0n) is 16.9. The van der Waals surface area contributed by atoms with Gasteiger partial charge in [-0.25, -0.2) is 14.7 Å². The predicted octanol–water partition coefficient (Wildman–Crippen LogP) is 4.50. The topological polar surface area (TPSA) is 69.7 Å². The highest BCUT2D eigenvalue weighted by atomic mass is 79.9. The fraction of sp³-hybridized carbons (Fsp3) is 0.125. The van der Waals surface area contributed by atoms with Gasteiger partial charge in [-0.05, 0) is 36.4 Å². The number of halogens is 3. The summed E-state index contributed by atoms with van der Waals surface area (Å²) in [4.78, 5) is 41.5. The van der Waals surface area contributed by atoms with Gasteiger partial charge < -0.3 is 0 Å². The summed E-state index contributed by atoms with van der Waals surface area (Å²) in [7, 11) is 0. The number of hydrazine groups is 1. The van der Waals surface area contributed by atoms with E-state index in [0.717, 1.165) is 9.91 Å². The van der Waals surface area contributed by atoms with Crippen LogP contribution in [0.25, 0.3) is 0 Å². The van der Waals surface area contributed by atoms with Gasteiger partial charge in [-0.3, -0.25) is 19.4 Å². The van der Waals surface area contributed by atoms with Crippen molar-refractivity contribution in [2.75, 3.05) is 4.90 Å². The van der Waals surface area contributed by atoms with Crippen LogP contribution in [-0.4, -0.2) is 28.8 Å². The smallest absolute Gasteiger partial charge is 0.268 e. The largest absolute Gasteiger partial charge is 0.274 e. The van der Waals surface area contributed by atoms with Gasteiger partial charge >= 0.3 is 0 Å². The number of nitrogens with one attached hydrogen (secondary N) is 1. The summed E-state index contributed by atoms with van der Waals surface area (Å²) >= 11 is 9.61. The molecule has 9 heteroatoms. The quantitative estimate of drug-likeness (QED) is 0.508. The van der Waals surface area contributed by atoms with Crippen molar-refractivity contribution in [3.8, 4) is 0 Å². The first kappa shape index (κ1) is 21.8. The number of hydrogen-bond donors (Lipinski definition) is 1. The number of imide groups is 1. The third kappa shape index (κ3) is 3.55. The maximum absolute atomic E-state index is 14.7. The van der Waals surface area contributed by atoms with Crippen LogP contribution < -0.4 is 10.3 Å². The van der Waals surface area contributed by atoms with E-state index in [9.17, 15) is 18.8 Å². The molecule has 3 aromatic rings. The molecule has 2 aliphatic rings. The van der Waals surface area contributed by atoms with Gasteiger partial charge in [0.25, 0.3) is 11.8 Å². The first-order valence-electron chi connectivity index (χ1n) is 10.1. The lowest BCUT2D eigenvalue weighted by Gasteiger charge is -2.25. The number of para-hydroxylation sites is 1. The van der Waals surface area contributed by atoms with Crippen molar-refractivity contribution in [1.82, 2.24) is 10.4 Å². The van der Waals surface area contributed by atoms with E-state index in [1.54, 1.807) is 54.6 Å². The molecule has 0 aliphatic carbocycles. The van der Waals surface area contributed by atoms with Crippen LogP contribution in [0.3, 0.4) is 0 Å². The third-order valence-corrected chi connectivity index (χ3v) is 6.67. The Labute approximate surface area is 202 Å². The van der Waals surface area contributed by atoms with Crippen LogP contribution >= 0.6 is 27.5 Å². The van der Waals surface area contributed by atoms with Crippen molar-refractivity contribution in [2.24, 2.45) is 5.92 Å². The van der Waals surface area contributed by atoms with Crippen molar-refractivity contribution in [3.05, 3.63) is 99.2 Å². The molecule has 33 heavy (non-hydrogen) atoms. The second-order valence-corrected chi connectivity index (χ2v) is 9.07. The van der Waals surface area contributed by atoms with Gasteiger partial charge in [0, 0.05) is 15.6 Å². The maximum atomic E-state index is 14.7. The molecule has 3 amide bonds. The van der Waals surface area contributed by atoms with E-state index in [0.29, 0.717) is 10.0 Å². The van der Waals surface area contributed by atoms with Crippen molar-refractivity contribution in [1.29, 1.82) is 0 Å². The standard InChI is InChI=1S/C24H16BrClFN3O3/c25-14-7-5-6-13(12-14)22(31)30-21-19(20(28-30)15-8-1-3-10-17(15)27)23(32)29(24(21)33)18-11-4-2-9-16(18)26/h1-12,19-21,28H/t19-,20+,21+/m1/s1. The summed E-state index contributed by atoms with van der Waals surface area (Å²) in [5, 5.41) is 1.36. The Bertz CT molecular complexity index is 1300. The van der Waals surface area contributed by atoms with Crippen molar-refractivity contribution < 1.29 is 18.8 Å².